The second kappa shape index (κ2) is 9.07. The number of ether oxygens (including phenoxy) is 3. The SMILES string of the molecule is C=CCOc1ccc(/C=C/C(=O)OCc2ncc(C(C)(C)C)o2)cc1OC. The van der Waals surface area contributed by atoms with Crippen molar-refractivity contribution < 1.29 is 23.4 Å². The summed E-state index contributed by atoms with van der Waals surface area (Å²) >= 11 is 0. The van der Waals surface area contributed by atoms with Crippen LogP contribution in [0.2, 0.25) is 0 Å². The summed E-state index contributed by atoms with van der Waals surface area (Å²) in [6, 6.07) is 5.36. The van der Waals surface area contributed by atoms with Crippen molar-refractivity contribution in [3.63, 3.8) is 0 Å². The van der Waals surface area contributed by atoms with Crippen LogP contribution in [0.1, 0.15) is 38.0 Å². The van der Waals surface area contributed by atoms with Crippen LogP contribution in [0.5, 0.6) is 11.5 Å². The molecule has 144 valence electrons. The molecule has 0 radical (unpaired) electrons. The molecule has 0 aliphatic rings. The van der Waals surface area contributed by atoms with Gasteiger partial charge in [-0.1, -0.05) is 39.5 Å². The van der Waals surface area contributed by atoms with Gasteiger partial charge in [0.2, 0.25) is 5.89 Å². The molecule has 0 atom stereocenters. The van der Waals surface area contributed by atoms with E-state index in [0.29, 0.717) is 24.0 Å². The lowest BCUT2D eigenvalue weighted by atomic mass is 9.94. The second-order valence-electron chi connectivity index (χ2n) is 6.82. The standard InChI is InChI=1S/C21H25NO5/c1-6-11-25-16-9-7-15(12-17(16)24-5)8-10-20(23)26-14-19-22-13-18(27-19)21(2,3)4/h6-10,12-13H,1,11,14H2,2-5H3/b10-8+. The van der Waals surface area contributed by atoms with E-state index >= 15 is 0 Å². The molecule has 0 aliphatic carbocycles. The van der Waals surface area contributed by atoms with Crippen LogP contribution >= 0.6 is 0 Å². The monoisotopic (exact) mass is 371 g/mol. The minimum Gasteiger partial charge on any atom is -0.493 e. The minimum atomic E-state index is -0.489. The quantitative estimate of drug-likeness (QED) is 0.391. The molecule has 0 bridgehead atoms. The fourth-order valence-electron chi connectivity index (χ4n) is 2.12. The van der Waals surface area contributed by atoms with Crippen molar-refractivity contribution in [2.75, 3.05) is 13.7 Å². The zero-order valence-corrected chi connectivity index (χ0v) is 16.2. The number of nitrogens with zero attached hydrogens (tertiary/aromatic N) is 1. The summed E-state index contributed by atoms with van der Waals surface area (Å²) < 4.78 is 21.5. The fourth-order valence-corrected chi connectivity index (χ4v) is 2.12. The highest BCUT2D eigenvalue weighted by atomic mass is 16.5. The average Bonchev–Trinajstić information content (AvgIpc) is 3.12. The minimum absolute atomic E-state index is 0.0170. The third kappa shape index (κ3) is 6.02. The summed E-state index contributed by atoms with van der Waals surface area (Å²) in [6.07, 6.45) is 6.29. The fraction of sp³-hybridized carbons (Fsp3) is 0.333. The van der Waals surface area contributed by atoms with Gasteiger partial charge in [0.25, 0.3) is 0 Å². The number of aromatic nitrogens is 1. The summed E-state index contributed by atoms with van der Waals surface area (Å²) in [6.45, 7) is 10.0. The van der Waals surface area contributed by atoms with Crippen molar-refractivity contribution in [1.82, 2.24) is 4.98 Å². The Bertz CT molecular complexity index is 814. The van der Waals surface area contributed by atoms with Crippen molar-refractivity contribution in [3.05, 3.63) is 60.3 Å². The van der Waals surface area contributed by atoms with Gasteiger partial charge in [-0.2, -0.15) is 0 Å². The number of methoxy groups -OCH3 is 1. The van der Waals surface area contributed by atoms with E-state index in [4.69, 9.17) is 18.6 Å². The van der Waals surface area contributed by atoms with Crippen LogP contribution in [0.15, 0.2) is 47.5 Å². The predicted octanol–water partition coefficient (Wildman–Crippen LogP) is 4.30. The number of hydrogen-bond acceptors (Lipinski definition) is 6. The smallest absolute Gasteiger partial charge is 0.331 e. The van der Waals surface area contributed by atoms with Crippen LogP contribution in [-0.2, 0) is 21.6 Å². The Morgan fingerprint density at radius 1 is 1.30 bits per heavy atom. The van der Waals surface area contributed by atoms with Crippen molar-refractivity contribution >= 4 is 12.0 Å². The average molecular weight is 371 g/mol. The Labute approximate surface area is 159 Å². The van der Waals surface area contributed by atoms with E-state index in [2.05, 4.69) is 11.6 Å². The molecule has 27 heavy (non-hydrogen) atoms. The maximum Gasteiger partial charge on any atom is 0.331 e. The van der Waals surface area contributed by atoms with E-state index in [1.807, 2.05) is 26.8 Å². The number of rotatable bonds is 8. The molecule has 0 fully saturated rings. The summed E-state index contributed by atoms with van der Waals surface area (Å²) in [7, 11) is 1.56. The second-order valence-corrected chi connectivity index (χ2v) is 6.82. The van der Waals surface area contributed by atoms with Gasteiger partial charge in [-0.25, -0.2) is 9.78 Å². The maximum atomic E-state index is 11.9. The van der Waals surface area contributed by atoms with E-state index in [-0.39, 0.29) is 12.0 Å². The number of benzene rings is 1. The Hall–Kier alpha value is -3.02. The van der Waals surface area contributed by atoms with Gasteiger partial charge in [0.05, 0.1) is 13.3 Å². The largest absolute Gasteiger partial charge is 0.493 e. The zero-order chi connectivity index (χ0) is 19.9. The van der Waals surface area contributed by atoms with Crippen LogP contribution in [0, 0.1) is 0 Å². The lowest BCUT2D eigenvalue weighted by Crippen LogP contribution is -2.09. The summed E-state index contributed by atoms with van der Waals surface area (Å²) in [5, 5.41) is 0. The third-order valence-electron chi connectivity index (χ3n) is 3.59. The van der Waals surface area contributed by atoms with Crippen LogP contribution in [0.25, 0.3) is 6.08 Å². The van der Waals surface area contributed by atoms with Gasteiger partial charge in [0, 0.05) is 11.5 Å². The van der Waals surface area contributed by atoms with Crippen LogP contribution in [0.3, 0.4) is 0 Å². The van der Waals surface area contributed by atoms with Crippen molar-refractivity contribution in [2.24, 2.45) is 0 Å². The molecule has 0 saturated heterocycles. The Balaban J connectivity index is 1.94. The molecule has 0 unspecified atom stereocenters. The molecule has 1 aromatic heterocycles. The van der Waals surface area contributed by atoms with E-state index in [1.165, 1.54) is 6.08 Å². The van der Waals surface area contributed by atoms with Gasteiger partial charge in [-0.05, 0) is 23.8 Å². The number of hydrogen-bond donors (Lipinski definition) is 0. The Morgan fingerprint density at radius 3 is 2.70 bits per heavy atom. The van der Waals surface area contributed by atoms with Gasteiger partial charge in [0.15, 0.2) is 18.1 Å². The number of carbonyl (C=O) groups is 1. The first kappa shape index (κ1) is 20.3. The van der Waals surface area contributed by atoms with E-state index in [0.717, 1.165) is 11.3 Å². The Kier molecular flexibility index (Phi) is 6.82. The molecule has 6 nitrogen and oxygen atoms in total. The number of oxazole rings is 1. The van der Waals surface area contributed by atoms with Crippen molar-refractivity contribution in [3.8, 4) is 11.5 Å². The Morgan fingerprint density at radius 2 is 2.07 bits per heavy atom. The molecule has 6 heteroatoms. The third-order valence-corrected chi connectivity index (χ3v) is 3.59. The molecule has 0 saturated carbocycles. The van der Waals surface area contributed by atoms with Gasteiger partial charge >= 0.3 is 5.97 Å². The van der Waals surface area contributed by atoms with Crippen LogP contribution in [-0.4, -0.2) is 24.7 Å². The first-order valence-electron chi connectivity index (χ1n) is 8.55. The maximum absolute atomic E-state index is 11.9. The molecule has 1 heterocycles. The highest BCUT2D eigenvalue weighted by Crippen LogP contribution is 2.28. The van der Waals surface area contributed by atoms with E-state index < -0.39 is 5.97 Å². The van der Waals surface area contributed by atoms with E-state index in [1.54, 1.807) is 37.6 Å². The zero-order valence-electron chi connectivity index (χ0n) is 16.2. The molecule has 0 N–H and O–H groups in total. The summed E-state index contributed by atoms with van der Waals surface area (Å²) in [5.41, 5.74) is 0.636. The lowest BCUT2D eigenvalue weighted by molar-refractivity contribution is -0.139. The molecule has 0 amide bonds. The molecule has 0 spiro atoms. The van der Waals surface area contributed by atoms with Crippen molar-refractivity contribution in [2.45, 2.75) is 32.8 Å². The molecule has 0 aliphatic heterocycles. The van der Waals surface area contributed by atoms with Gasteiger partial charge in [0.1, 0.15) is 12.4 Å². The van der Waals surface area contributed by atoms with Crippen molar-refractivity contribution in [1.29, 1.82) is 0 Å². The van der Waals surface area contributed by atoms with Gasteiger partial charge in [-0.3, -0.25) is 0 Å². The summed E-state index contributed by atoms with van der Waals surface area (Å²) in [5.74, 6) is 1.80. The highest BCUT2D eigenvalue weighted by molar-refractivity contribution is 5.87. The molecule has 2 aromatic rings. The van der Waals surface area contributed by atoms with Crippen LogP contribution in [0.4, 0.5) is 0 Å². The first-order valence-corrected chi connectivity index (χ1v) is 8.55. The summed E-state index contributed by atoms with van der Waals surface area (Å²) in [4.78, 5) is 16.0. The molecular formula is C21H25NO5. The van der Waals surface area contributed by atoms with Crippen LogP contribution < -0.4 is 9.47 Å². The highest BCUT2D eigenvalue weighted by Gasteiger charge is 2.19. The molecular weight excluding hydrogens is 346 g/mol. The number of carbonyl (C=O) groups excluding carboxylic acids is 1. The lowest BCUT2D eigenvalue weighted by Gasteiger charge is -2.12. The number of esters is 1. The molecule has 1 aromatic carbocycles. The van der Waals surface area contributed by atoms with Gasteiger partial charge in [-0.15, -0.1) is 0 Å². The normalized spacial score (nSPS) is 11.4. The first-order chi connectivity index (χ1) is 12.8. The molecule has 2 rings (SSSR count). The predicted molar refractivity (Wildman–Crippen MR) is 103 cm³/mol. The van der Waals surface area contributed by atoms with Gasteiger partial charge < -0.3 is 18.6 Å². The topological polar surface area (TPSA) is 70.8 Å². The van der Waals surface area contributed by atoms with E-state index in [9.17, 15) is 4.79 Å².